The van der Waals surface area contributed by atoms with E-state index in [2.05, 4.69) is 18.4 Å². The third kappa shape index (κ3) is 2.04. The van der Waals surface area contributed by atoms with Gasteiger partial charge in [0.1, 0.15) is 11.3 Å². The fourth-order valence-electron chi connectivity index (χ4n) is 3.56. The normalized spacial score (nSPS) is 16.9. The van der Waals surface area contributed by atoms with Gasteiger partial charge in [0.15, 0.2) is 0 Å². The third-order valence-electron chi connectivity index (χ3n) is 4.88. The Bertz CT molecular complexity index is 678. The SMILES string of the molecule is CCCc1nc2c(C(=O)O)cccc2n1C1(CC)CCC1. The van der Waals surface area contributed by atoms with Crippen molar-refractivity contribution in [3.05, 3.63) is 29.6 Å². The maximum Gasteiger partial charge on any atom is 0.337 e. The van der Waals surface area contributed by atoms with Crippen LogP contribution in [0.4, 0.5) is 0 Å². The molecule has 112 valence electrons. The van der Waals surface area contributed by atoms with Crippen LogP contribution in [0, 0.1) is 0 Å². The number of imidazole rings is 1. The molecule has 1 aromatic heterocycles. The summed E-state index contributed by atoms with van der Waals surface area (Å²) in [4.78, 5) is 16.1. The van der Waals surface area contributed by atoms with E-state index in [1.165, 1.54) is 19.3 Å². The number of carboxylic acid groups (broad SMARTS) is 1. The Hall–Kier alpha value is -1.84. The summed E-state index contributed by atoms with van der Waals surface area (Å²) >= 11 is 0. The molecule has 1 N–H and O–H groups in total. The number of hydrogen-bond donors (Lipinski definition) is 1. The van der Waals surface area contributed by atoms with Crippen molar-refractivity contribution >= 4 is 17.0 Å². The summed E-state index contributed by atoms with van der Waals surface area (Å²) in [6, 6.07) is 5.50. The Labute approximate surface area is 124 Å². The molecule has 0 saturated heterocycles. The quantitative estimate of drug-likeness (QED) is 0.904. The van der Waals surface area contributed by atoms with Crippen LogP contribution in [0.3, 0.4) is 0 Å². The monoisotopic (exact) mass is 286 g/mol. The molecule has 1 aromatic carbocycles. The lowest BCUT2D eigenvalue weighted by Gasteiger charge is -2.44. The van der Waals surface area contributed by atoms with Crippen LogP contribution >= 0.6 is 0 Å². The number of fused-ring (bicyclic) bond motifs is 1. The zero-order valence-electron chi connectivity index (χ0n) is 12.7. The molecule has 0 aliphatic heterocycles. The van der Waals surface area contributed by atoms with Crippen molar-refractivity contribution in [1.82, 2.24) is 9.55 Å². The second-order valence-corrected chi connectivity index (χ2v) is 6.02. The predicted molar refractivity (Wildman–Crippen MR) is 82.8 cm³/mol. The number of para-hydroxylation sites is 1. The lowest BCUT2D eigenvalue weighted by atomic mass is 9.74. The first-order valence-corrected chi connectivity index (χ1v) is 7.87. The number of aryl methyl sites for hydroxylation is 1. The molecular weight excluding hydrogens is 264 g/mol. The van der Waals surface area contributed by atoms with Gasteiger partial charge in [0.05, 0.1) is 11.1 Å². The summed E-state index contributed by atoms with van der Waals surface area (Å²) in [5, 5.41) is 9.39. The lowest BCUT2D eigenvalue weighted by Crippen LogP contribution is -2.40. The van der Waals surface area contributed by atoms with Gasteiger partial charge in [0, 0.05) is 12.0 Å². The molecule has 1 aliphatic rings. The Kier molecular flexibility index (Phi) is 3.47. The molecule has 0 unspecified atom stereocenters. The minimum absolute atomic E-state index is 0.149. The molecule has 0 spiro atoms. The molecule has 1 heterocycles. The highest BCUT2D eigenvalue weighted by Gasteiger charge is 2.39. The van der Waals surface area contributed by atoms with Gasteiger partial charge in [-0.05, 0) is 44.2 Å². The standard InChI is InChI=1S/C17H22N2O2/c1-3-7-14-18-15-12(16(20)21)8-5-9-13(15)19(14)17(4-2)10-6-11-17/h5,8-9H,3-4,6-7,10-11H2,1-2H3,(H,20,21). The van der Waals surface area contributed by atoms with Gasteiger partial charge in [-0.25, -0.2) is 9.78 Å². The van der Waals surface area contributed by atoms with Gasteiger partial charge in [-0.3, -0.25) is 0 Å². The Morgan fingerprint density at radius 1 is 1.38 bits per heavy atom. The minimum Gasteiger partial charge on any atom is -0.478 e. The molecule has 0 atom stereocenters. The van der Waals surface area contributed by atoms with Crippen LogP contribution in [-0.4, -0.2) is 20.6 Å². The van der Waals surface area contributed by atoms with E-state index in [9.17, 15) is 9.90 Å². The van der Waals surface area contributed by atoms with Crippen molar-refractivity contribution in [3.8, 4) is 0 Å². The number of carboxylic acids is 1. The first kappa shape index (κ1) is 14.1. The van der Waals surface area contributed by atoms with Gasteiger partial charge in [0.2, 0.25) is 0 Å². The maximum atomic E-state index is 11.4. The first-order chi connectivity index (χ1) is 10.1. The van der Waals surface area contributed by atoms with E-state index in [1.807, 2.05) is 12.1 Å². The molecule has 0 bridgehead atoms. The van der Waals surface area contributed by atoms with Crippen molar-refractivity contribution in [2.24, 2.45) is 0 Å². The highest BCUT2D eigenvalue weighted by molar-refractivity contribution is 6.01. The van der Waals surface area contributed by atoms with Gasteiger partial charge in [-0.15, -0.1) is 0 Å². The van der Waals surface area contributed by atoms with E-state index in [1.54, 1.807) is 6.07 Å². The van der Waals surface area contributed by atoms with E-state index in [0.717, 1.165) is 30.6 Å². The number of hydrogen-bond acceptors (Lipinski definition) is 2. The highest BCUT2D eigenvalue weighted by Crippen LogP contribution is 2.45. The minimum atomic E-state index is -0.896. The number of nitrogens with zero attached hydrogens (tertiary/aromatic N) is 2. The van der Waals surface area contributed by atoms with E-state index in [0.29, 0.717) is 11.1 Å². The van der Waals surface area contributed by atoms with Crippen LogP contribution in [-0.2, 0) is 12.0 Å². The molecule has 2 aromatic rings. The fraction of sp³-hybridized carbons (Fsp3) is 0.529. The zero-order chi connectivity index (χ0) is 15.0. The van der Waals surface area contributed by atoms with E-state index >= 15 is 0 Å². The second-order valence-electron chi connectivity index (χ2n) is 6.02. The number of aromatic nitrogens is 2. The van der Waals surface area contributed by atoms with Crippen LogP contribution in [0.15, 0.2) is 18.2 Å². The molecular formula is C17H22N2O2. The van der Waals surface area contributed by atoms with Crippen molar-refractivity contribution in [1.29, 1.82) is 0 Å². The second kappa shape index (κ2) is 5.17. The molecule has 4 heteroatoms. The molecule has 21 heavy (non-hydrogen) atoms. The van der Waals surface area contributed by atoms with Crippen LogP contribution < -0.4 is 0 Å². The zero-order valence-corrected chi connectivity index (χ0v) is 12.7. The molecule has 4 nitrogen and oxygen atoms in total. The van der Waals surface area contributed by atoms with Crippen molar-refractivity contribution < 1.29 is 9.90 Å². The largest absolute Gasteiger partial charge is 0.478 e. The Morgan fingerprint density at radius 3 is 2.67 bits per heavy atom. The van der Waals surface area contributed by atoms with Crippen molar-refractivity contribution in [3.63, 3.8) is 0 Å². The Morgan fingerprint density at radius 2 is 2.14 bits per heavy atom. The molecule has 1 aliphatic carbocycles. The molecule has 3 rings (SSSR count). The van der Waals surface area contributed by atoms with E-state index in [4.69, 9.17) is 4.98 Å². The number of aromatic carboxylic acids is 1. The van der Waals surface area contributed by atoms with Gasteiger partial charge in [-0.1, -0.05) is 19.9 Å². The van der Waals surface area contributed by atoms with E-state index in [-0.39, 0.29) is 5.54 Å². The lowest BCUT2D eigenvalue weighted by molar-refractivity contribution is 0.0699. The third-order valence-corrected chi connectivity index (χ3v) is 4.88. The first-order valence-electron chi connectivity index (χ1n) is 7.87. The maximum absolute atomic E-state index is 11.4. The average Bonchev–Trinajstić information content (AvgIpc) is 2.77. The number of rotatable bonds is 5. The van der Waals surface area contributed by atoms with Gasteiger partial charge in [-0.2, -0.15) is 0 Å². The number of benzene rings is 1. The van der Waals surface area contributed by atoms with Crippen molar-refractivity contribution in [2.45, 2.75) is 57.9 Å². The molecule has 0 amide bonds. The van der Waals surface area contributed by atoms with Crippen LogP contribution in [0.2, 0.25) is 0 Å². The van der Waals surface area contributed by atoms with Crippen LogP contribution in [0.25, 0.3) is 11.0 Å². The summed E-state index contributed by atoms with van der Waals surface area (Å²) in [5.74, 6) is 0.148. The Balaban J connectivity index is 2.28. The summed E-state index contributed by atoms with van der Waals surface area (Å²) in [5.41, 5.74) is 2.10. The summed E-state index contributed by atoms with van der Waals surface area (Å²) in [7, 11) is 0. The molecule has 1 saturated carbocycles. The van der Waals surface area contributed by atoms with Crippen LogP contribution in [0.1, 0.15) is 62.1 Å². The van der Waals surface area contributed by atoms with E-state index < -0.39 is 5.97 Å². The number of carbonyl (C=O) groups is 1. The smallest absolute Gasteiger partial charge is 0.337 e. The topological polar surface area (TPSA) is 55.1 Å². The predicted octanol–water partition coefficient (Wildman–Crippen LogP) is 3.98. The van der Waals surface area contributed by atoms with Gasteiger partial charge >= 0.3 is 5.97 Å². The van der Waals surface area contributed by atoms with Gasteiger partial charge in [0.25, 0.3) is 0 Å². The summed E-state index contributed by atoms with van der Waals surface area (Å²) in [6.07, 6.45) is 6.58. The van der Waals surface area contributed by atoms with Crippen LogP contribution in [0.5, 0.6) is 0 Å². The molecule has 0 radical (unpaired) electrons. The molecule has 1 fully saturated rings. The van der Waals surface area contributed by atoms with Crippen molar-refractivity contribution in [2.75, 3.05) is 0 Å². The fourth-order valence-corrected chi connectivity index (χ4v) is 3.56. The summed E-state index contributed by atoms with van der Waals surface area (Å²) in [6.45, 7) is 4.36. The summed E-state index contributed by atoms with van der Waals surface area (Å²) < 4.78 is 2.35. The average molecular weight is 286 g/mol. The highest BCUT2D eigenvalue weighted by atomic mass is 16.4. The van der Waals surface area contributed by atoms with Gasteiger partial charge < -0.3 is 9.67 Å².